The molecule has 5 heteroatoms. The van der Waals surface area contributed by atoms with Crippen LogP contribution in [0.15, 0.2) is 39.7 Å². The van der Waals surface area contributed by atoms with Crippen LogP contribution in [-0.4, -0.2) is 24.5 Å². The summed E-state index contributed by atoms with van der Waals surface area (Å²) in [4.78, 5) is 8.57. The quantitative estimate of drug-likeness (QED) is 0.658. The number of aryl methyl sites for hydroxylation is 2. The van der Waals surface area contributed by atoms with Crippen LogP contribution < -0.4 is 10.6 Å². The zero-order valence-corrected chi connectivity index (χ0v) is 13.7. The van der Waals surface area contributed by atoms with Crippen LogP contribution in [-0.2, 0) is 6.54 Å². The average molecular weight is 300 g/mol. The van der Waals surface area contributed by atoms with Gasteiger partial charge in [0.05, 0.1) is 12.2 Å². The van der Waals surface area contributed by atoms with Crippen molar-refractivity contribution in [3.63, 3.8) is 0 Å². The molecule has 2 rings (SSSR count). The van der Waals surface area contributed by atoms with E-state index in [1.54, 1.807) is 7.05 Å². The fourth-order valence-electron chi connectivity index (χ4n) is 2.14. The molecule has 1 aromatic heterocycles. The Labute approximate surface area is 131 Å². The van der Waals surface area contributed by atoms with Gasteiger partial charge in [0, 0.05) is 13.6 Å². The number of oxazole rings is 1. The minimum atomic E-state index is 0.408. The molecule has 2 aromatic rings. The molecule has 0 radical (unpaired) electrons. The summed E-state index contributed by atoms with van der Waals surface area (Å²) in [5.41, 5.74) is 2.24. The first kappa shape index (κ1) is 16.1. The maximum atomic E-state index is 5.55. The summed E-state index contributed by atoms with van der Waals surface area (Å²) in [6.45, 7) is 7.38. The molecule has 0 aliphatic rings. The summed E-state index contributed by atoms with van der Waals surface area (Å²) in [5, 5.41) is 6.54. The van der Waals surface area contributed by atoms with Crippen LogP contribution in [0, 0.1) is 13.8 Å². The minimum absolute atomic E-state index is 0.408. The first-order valence-corrected chi connectivity index (χ1v) is 7.52. The van der Waals surface area contributed by atoms with Crippen LogP contribution in [0.3, 0.4) is 0 Å². The van der Waals surface area contributed by atoms with Gasteiger partial charge in [-0.2, -0.15) is 0 Å². The van der Waals surface area contributed by atoms with Gasteiger partial charge in [-0.05, 0) is 25.3 Å². The van der Waals surface area contributed by atoms with E-state index in [0.717, 1.165) is 24.0 Å². The van der Waals surface area contributed by atoms with Crippen molar-refractivity contribution >= 4 is 5.96 Å². The second-order valence-corrected chi connectivity index (χ2v) is 5.37. The third-order valence-electron chi connectivity index (χ3n) is 3.65. The monoisotopic (exact) mass is 300 g/mol. The number of hydrogen-bond acceptors (Lipinski definition) is 3. The van der Waals surface area contributed by atoms with E-state index in [2.05, 4.69) is 51.8 Å². The zero-order valence-electron chi connectivity index (χ0n) is 13.7. The predicted octanol–water partition coefficient (Wildman–Crippen LogP) is 2.76. The van der Waals surface area contributed by atoms with E-state index in [1.807, 2.05) is 19.9 Å². The molecule has 2 N–H and O–H groups in total. The normalized spacial score (nSPS) is 13.0. The van der Waals surface area contributed by atoms with Gasteiger partial charge >= 0.3 is 0 Å². The van der Waals surface area contributed by atoms with E-state index in [-0.39, 0.29) is 0 Å². The number of nitrogens with one attached hydrogen (secondary N) is 2. The molecule has 0 saturated heterocycles. The van der Waals surface area contributed by atoms with Crippen molar-refractivity contribution in [2.45, 2.75) is 33.2 Å². The van der Waals surface area contributed by atoms with Crippen molar-refractivity contribution in [1.29, 1.82) is 0 Å². The van der Waals surface area contributed by atoms with Gasteiger partial charge in [-0.1, -0.05) is 37.3 Å². The molecule has 0 saturated carbocycles. The summed E-state index contributed by atoms with van der Waals surface area (Å²) < 4.78 is 5.55. The van der Waals surface area contributed by atoms with Gasteiger partial charge in [-0.25, -0.2) is 4.98 Å². The van der Waals surface area contributed by atoms with Crippen LogP contribution in [0.1, 0.15) is 35.7 Å². The predicted molar refractivity (Wildman–Crippen MR) is 89.0 cm³/mol. The molecule has 118 valence electrons. The molecular weight excluding hydrogens is 276 g/mol. The molecule has 1 atom stereocenters. The molecule has 0 spiro atoms. The highest BCUT2D eigenvalue weighted by molar-refractivity contribution is 5.79. The Morgan fingerprint density at radius 2 is 1.95 bits per heavy atom. The molecule has 0 fully saturated rings. The smallest absolute Gasteiger partial charge is 0.214 e. The Morgan fingerprint density at radius 3 is 2.55 bits per heavy atom. The third kappa shape index (κ3) is 4.35. The fourth-order valence-corrected chi connectivity index (χ4v) is 2.14. The average Bonchev–Trinajstić information content (AvgIpc) is 2.86. The van der Waals surface area contributed by atoms with E-state index in [9.17, 15) is 0 Å². The minimum Gasteiger partial charge on any atom is -0.444 e. The molecule has 0 amide bonds. The summed E-state index contributed by atoms with van der Waals surface area (Å²) in [6, 6.07) is 10.4. The number of rotatable bonds is 5. The molecule has 0 aliphatic heterocycles. The topological polar surface area (TPSA) is 62.5 Å². The first-order valence-electron chi connectivity index (χ1n) is 7.52. The number of aliphatic imine (C=N–C) groups is 1. The van der Waals surface area contributed by atoms with E-state index in [1.165, 1.54) is 5.56 Å². The molecule has 22 heavy (non-hydrogen) atoms. The van der Waals surface area contributed by atoms with E-state index < -0.39 is 0 Å². The number of benzene rings is 1. The van der Waals surface area contributed by atoms with Crippen LogP contribution in [0.25, 0.3) is 0 Å². The SMILES string of the molecule is CN=C(NCc1nc(C)c(C)o1)NCC(C)c1ccccc1. The molecule has 1 unspecified atom stereocenters. The third-order valence-corrected chi connectivity index (χ3v) is 3.65. The van der Waals surface area contributed by atoms with Crippen molar-refractivity contribution in [2.24, 2.45) is 4.99 Å². The van der Waals surface area contributed by atoms with Crippen molar-refractivity contribution in [2.75, 3.05) is 13.6 Å². The van der Waals surface area contributed by atoms with Crippen LogP contribution in [0.5, 0.6) is 0 Å². The molecule has 5 nitrogen and oxygen atoms in total. The van der Waals surface area contributed by atoms with Crippen molar-refractivity contribution in [1.82, 2.24) is 15.6 Å². The van der Waals surface area contributed by atoms with Gasteiger partial charge in [0.2, 0.25) is 5.89 Å². The summed E-state index contributed by atoms with van der Waals surface area (Å²) >= 11 is 0. The summed E-state index contributed by atoms with van der Waals surface area (Å²) in [7, 11) is 1.76. The Morgan fingerprint density at radius 1 is 1.23 bits per heavy atom. The van der Waals surface area contributed by atoms with Crippen molar-refractivity contribution in [3.05, 3.63) is 53.2 Å². The Bertz CT molecular complexity index is 599. The lowest BCUT2D eigenvalue weighted by molar-refractivity contribution is 0.463. The number of guanidine groups is 1. The Balaban J connectivity index is 1.82. The standard InChI is InChI=1S/C17H24N4O/c1-12(15-8-6-5-7-9-15)10-19-17(18-4)20-11-16-21-13(2)14(3)22-16/h5-9,12H,10-11H2,1-4H3,(H2,18,19,20). The number of aromatic nitrogens is 1. The maximum Gasteiger partial charge on any atom is 0.214 e. The molecule has 0 aliphatic carbocycles. The second-order valence-electron chi connectivity index (χ2n) is 5.37. The highest BCUT2D eigenvalue weighted by Gasteiger charge is 2.08. The van der Waals surface area contributed by atoms with Gasteiger partial charge in [0.1, 0.15) is 5.76 Å². The lowest BCUT2D eigenvalue weighted by Gasteiger charge is -2.15. The summed E-state index contributed by atoms with van der Waals surface area (Å²) in [5.74, 6) is 2.69. The fraction of sp³-hybridized carbons (Fsp3) is 0.412. The molecule has 1 heterocycles. The maximum absolute atomic E-state index is 5.55. The Hall–Kier alpha value is -2.30. The van der Waals surface area contributed by atoms with Gasteiger partial charge in [0.15, 0.2) is 5.96 Å². The number of hydrogen-bond donors (Lipinski definition) is 2. The van der Waals surface area contributed by atoms with Crippen LogP contribution in [0.2, 0.25) is 0 Å². The van der Waals surface area contributed by atoms with Gasteiger partial charge in [-0.3, -0.25) is 4.99 Å². The van der Waals surface area contributed by atoms with Gasteiger partial charge in [-0.15, -0.1) is 0 Å². The molecular formula is C17H24N4O. The lowest BCUT2D eigenvalue weighted by Crippen LogP contribution is -2.38. The van der Waals surface area contributed by atoms with Crippen LogP contribution in [0.4, 0.5) is 0 Å². The Kier molecular flexibility index (Phi) is 5.58. The van der Waals surface area contributed by atoms with Gasteiger partial charge in [0.25, 0.3) is 0 Å². The first-order chi connectivity index (χ1) is 10.6. The molecule has 1 aromatic carbocycles. The molecule has 0 bridgehead atoms. The van der Waals surface area contributed by atoms with E-state index in [0.29, 0.717) is 18.4 Å². The lowest BCUT2D eigenvalue weighted by atomic mass is 10.0. The largest absolute Gasteiger partial charge is 0.444 e. The highest BCUT2D eigenvalue weighted by Crippen LogP contribution is 2.13. The van der Waals surface area contributed by atoms with E-state index >= 15 is 0 Å². The second kappa shape index (κ2) is 7.64. The van der Waals surface area contributed by atoms with E-state index in [4.69, 9.17) is 4.42 Å². The summed E-state index contributed by atoms with van der Waals surface area (Å²) in [6.07, 6.45) is 0. The number of nitrogens with zero attached hydrogens (tertiary/aromatic N) is 2. The van der Waals surface area contributed by atoms with Crippen molar-refractivity contribution in [3.8, 4) is 0 Å². The van der Waals surface area contributed by atoms with Crippen LogP contribution >= 0.6 is 0 Å². The van der Waals surface area contributed by atoms with Crippen molar-refractivity contribution < 1.29 is 4.42 Å². The zero-order chi connectivity index (χ0) is 15.9. The van der Waals surface area contributed by atoms with Gasteiger partial charge < -0.3 is 15.1 Å². The highest BCUT2D eigenvalue weighted by atomic mass is 16.4.